The van der Waals surface area contributed by atoms with Gasteiger partial charge < -0.3 is 14.2 Å². The Morgan fingerprint density at radius 2 is 1.68 bits per heavy atom. The van der Waals surface area contributed by atoms with Crippen LogP contribution in [0.1, 0.15) is 23.6 Å². The lowest BCUT2D eigenvalue weighted by Crippen LogP contribution is -1.98. The molecule has 0 N–H and O–H groups in total. The SMILES string of the molecule is CCOc1ccc(Cc2cc(CCl)c(OC)c(OC)c2)cc1. The first kappa shape index (κ1) is 16.5. The van der Waals surface area contributed by atoms with Crippen LogP contribution in [-0.2, 0) is 12.3 Å². The standard InChI is InChI=1S/C18H21ClO3/c1-4-22-16-7-5-13(6-8-16)9-14-10-15(12-19)18(21-3)17(11-14)20-2/h5-8,10-11H,4,9,12H2,1-3H3. The molecule has 3 nitrogen and oxygen atoms in total. The van der Waals surface area contributed by atoms with Gasteiger partial charge in [-0.2, -0.15) is 0 Å². The van der Waals surface area contributed by atoms with Gasteiger partial charge in [0.25, 0.3) is 0 Å². The van der Waals surface area contributed by atoms with Crippen molar-refractivity contribution >= 4 is 11.6 Å². The Morgan fingerprint density at radius 3 is 2.23 bits per heavy atom. The van der Waals surface area contributed by atoms with Crippen LogP contribution in [0.4, 0.5) is 0 Å². The number of benzene rings is 2. The van der Waals surface area contributed by atoms with Crippen LogP contribution in [0.15, 0.2) is 36.4 Å². The van der Waals surface area contributed by atoms with E-state index in [1.807, 2.05) is 25.1 Å². The summed E-state index contributed by atoms with van der Waals surface area (Å²) in [7, 11) is 3.26. The largest absolute Gasteiger partial charge is 0.494 e. The number of halogens is 1. The van der Waals surface area contributed by atoms with Crippen molar-refractivity contribution in [1.29, 1.82) is 0 Å². The van der Waals surface area contributed by atoms with Crippen LogP contribution in [0.2, 0.25) is 0 Å². The van der Waals surface area contributed by atoms with Crippen molar-refractivity contribution in [2.45, 2.75) is 19.2 Å². The third-order valence-electron chi connectivity index (χ3n) is 3.40. The van der Waals surface area contributed by atoms with E-state index in [9.17, 15) is 0 Å². The molecule has 0 spiro atoms. The first-order valence-electron chi connectivity index (χ1n) is 7.23. The molecule has 0 heterocycles. The quantitative estimate of drug-likeness (QED) is 0.706. The lowest BCUT2D eigenvalue weighted by molar-refractivity contribution is 0.340. The summed E-state index contributed by atoms with van der Waals surface area (Å²) in [5.74, 6) is 2.69. The number of hydrogen-bond donors (Lipinski definition) is 0. The van der Waals surface area contributed by atoms with Crippen molar-refractivity contribution in [3.05, 3.63) is 53.1 Å². The van der Waals surface area contributed by atoms with Crippen LogP contribution < -0.4 is 14.2 Å². The van der Waals surface area contributed by atoms with Crippen LogP contribution >= 0.6 is 11.6 Å². The first-order valence-corrected chi connectivity index (χ1v) is 7.76. The molecule has 0 amide bonds. The number of methoxy groups -OCH3 is 2. The lowest BCUT2D eigenvalue weighted by Gasteiger charge is -2.14. The normalized spacial score (nSPS) is 10.4. The van der Waals surface area contributed by atoms with Crippen molar-refractivity contribution in [2.75, 3.05) is 20.8 Å². The highest BCUT2D eigenvalue weighted by Gasteiger charge is 2.12. The molecule has 2 aromatic rings. The zero-order chi connectivity index (χ0) is 15.9. The van der Waals surface area contributed by atoms with Gasteiger partial charge in [-0.05, 0) is 42.7 Å². The second-order valence-electron chi connectivity index (χ2n) is 4.88. The van der Waals surface area contributed by atoms with Crippen molar-refractivity contribution in [3.8, 4) is 17.2 Å². The summed E-state index contributed by atoms with van der Waals surface area (Å²) in [6.45, 7) is 2.65. The van der Waals surface area contributed by atoms with E-state index >= 15 is 0 Å². The second-order valence-corrected chi connectivity index (χ2v) is 5.15. The van der Waals surface area contributed by atoms with Crippen molar-refractivity contribution < 1.29 is 14.2 Å². The molecular formula is C18H21ClO3. The van der Waals surface area contributed by atoms with Gasteiger partial charge in [-0.1, -0.05) is 18.2 Å². The van der Waals surface area contributed by atoms with Gasteiger partial charge in [-0.3, -0.25) is 0 Å². The Morgan fingerprint density at radius 1 is 0.955 bits per heavy atom. The van der Waals surface area contributed by atoms with E-state index in [1.54, 1.807) is 14.2 Å². The highest BCUT2D eigenvalue weighted by Crippen LogP contribution is 2.34. The van der Waals surface area contributed by atoms with Crippen LogP contribution in [0.25, 0.3) is 0 Å². The van der Waals surface area contributed by atoms with E-state index in [0.717, 1.165) is 23.3 Å². The molecule has 4 heteroatoms. The van der Waals surface area contributed by atoms with E-state index < -0.39 is 0 Å². The predicted molar refractivity (Wildman–Crippen MR) is 89.5 cm³/mol. The number of rotatable bonds is 7. The van der Waals surface area contributed by atoms with Gasteiger partial charge in [-0.15, -0.1) is 11.6 Å². The monoisotopic (exact) mass is 320 g/mol. The maximum absolute atomic E-state index is 6.02. The minimum absolute atomic E-state index is 0.386. The summed E-state index contributed by atoms with van der Waals surface area (Å²) < 4.78 is 16.2. The molecule has 0 atom stereocenters. The van der Waals surface area contributed by atoms with E-state index in [0.29, 0.717) is 24.0 Å². The first-order chi connectivity index (χ1) is 10.7. The Labute approximate surface area is 136 Å². The molecule has 2 aromatic carbocycles. The van der Waals surface area contributed by atoms with Gasteiger partial charge in [0, 0.05) is 5.56 Å². The second kappa shape index (κ2) is 7.95. The van der Waals surface area contributed by atoms with Gasteiger partial charge in [0.2, 0.25) is 0 Å². The number of ether oxygens (including phenoxy) is 3. The average Bonchev–Trinajstić information content (AvgIpc) is 2.56. The Bertz CT molecular complexity index is 583. The Balaban J connectivity index is 2.25. The number of hydrogen-bond acceptors (Lipinski definition) is 3. The van der Waals surface area contributed by atoms with Crippen LogP contribution in [-0.4, -0.2) is 20.8 Å². The minimum atomic E-state index is 0.386. The maximum atomic E-state index is 6.02. The molecule has 0 saturated heterocycles. The van der Waals surface area contributed by atoms with Crippen LogP contribution in [0, 0.1) is 0 Å². The third-order valence-corrected chi connectivity index (χ3v) is 3.69. The van der Waals surface area contributed by atoms with E-state index in [2.05, 4.69) is 18.2 Å². The molecule has 0 radical (unpaired) electrons. The molecule has 0 aliphatic carbocycles. The molecule has 0 unspecified atom stereocenters. The summed E-state index contributed by atoms with van der Waals surface area (Å²) in [4.78, 5) is 0. The van der Waals surface area contributed by atoms with Gasteiger partial charge in [-0.25, -0.2) is 0 Å². The van der Waals surface area contributed by atoms with Crippen LogP contribution in [0.5, 0.6) is 17.2 Å². The van der Waals surface area contributed by atoms with Crippen molar-refractivity contribution in [1.82, 2.24) is 0 Å². The number of alkyl halides is 1. The molecule has 0 saturated carbocycles. The molecule has 0 aromatic heterocycles. The zero-order valence-corrected chi connectivity index (χ0v) is 13.9. The molecule has 0 aliphatic heterocycles. The van der Waals surface area contributed by atoms with Gasteiger partial charge in [0.05, 0.1) is 26.7 Å². The fourth-order valence-electron chi connectivity index (χ4n) is 2.41. The molecule has 2 rings (SSSR count). The van der Waals surface area contributed by atoms with E-state index in [1.165, 1.54) is 5.56 Å². The Kier molecular flexibility index (Phi) is 5.96. The highest BCUT2D eigenvalue weighted by atomic mass is 35.5. The van der Waals surface area contributed by atoms with E-state index in [-0.39, 0.29) is 0 Å². The van der Waals surface area contributed by atoms with Gasteiger partial charge in [0.15, 0.2) is 11.5 Å². The summed E-state index contributed by atoms with van der Waals surface area (Å²) in [6, 6.07) is 12.2. The van der Waals surface area contributed by atoms with Crippen molar-refractivity contribution in [3.63, 3.8) is 0 Å². The molecule has 0 aliphatic rings. The summed E-state index contributed by atoms with van der Waals surface area (Å²) >= 11 is 6.02. The van der Waals surface area contributed by atoms with Crippen molar-refractivity contribution in [2.24, 2.45) is 0 Å². The zero-order valence-electron chi connectivity index (χ0n) is 13.2. The van der Waals surface area contributed by atoms with Gasteiger partial charge >= 0.3 is 0 Å². The minimum Gasteiger partial charge on any atom is -0.494 e. The molecule has 0 bridgehead atoms. The predicted octanol–water partition coefficient (Wildman–Crippen LogP) is 4.43. The summed E-state index contributed by atoms with van der Waals surface area (Å²) in [6.07, 6.45) is 0.802. The third kappa shape index (κ3) is 3.86. The Hall–Kier alpha value is -1.87. The lowest BCUT2D eigenvalue weighted by atomic mass is 10.0. The van der Waals surface area contributed by atoms with Gasteiger partial charge in [0.1, 0.15) is 5.75 Å². The summed E-state index contributed by atoms with van der Waals surface area (Å²) in [5.41, 5.74) is 3.28. The van der Waals surface area contributed by atoms with Crippen LogP contribution in [0.3, 0.4) is 0 Å². The molecule has 22 heavy (non-hydrogen) atoms. The average molecular weight is 321 g/mol. The highest BCUT2D eigenvalue weighted by molar-refractivity contribution is 6.17. The molecular weight excluding hydrogens is 300 g/mol. The summed E-state index contributed by atoms with van der Waals surface area (Å²) in [5, 5.41) is 0. The maximum Gasteiger partial charge on any atom is 0.165 e. The molecule has 118 valence electrons. The fourth-order valence-corrected chi connectivity index (χ4v) is 2.61. The molecule has 0 fully saturated rings. The van der Waals surface area contributed by atoms with E-state index in [4.69, 9.17) is 25.8 Å². The fraction of sp³-hybridized carbons (Fsp3) is 0.333. The topological polar surface area (TPSA) is 27.7 Å². The smallest absolute Gasteiger partial charge is 0.165 e.